The van der Waals surface area contributed by atoms with Gasteiger partial charge in [-0.15, -0.1) is 0 Å². The van der Waals surface area contributed by atoms with E-state index in [1.54, 1.807) is 0 Å². The highest BCUT2D eigenvalue weighted by molar-refractivity contribution is 6.46. The maximum Gasteiger partial charge on any atom is 0.282 e. The highest BCUT2D eigenvalue weighted by atomic mass is 16.2. The normalized spacial score (nSPS) is 15.8. The smallest absolute Gasteiger partial charge is 0.282 e. The third-order valence-corrected chi connectivity index (χ3v) is 6.33. The van der Waals surface area contributed by atoms with Crippen LogP contribution in [0.1, 0.15) is 33.4 Å². The van der Waals surface area contributed by atoms with E-state index in [0.717, 1.165) is 39.9 Å². The number of amides is 2. The topological polar surface area (TPSA) is 40.6 Å². The van der Waals surface area contributed by atoms with Gasteiger partial charge in [0.1, 0.15) is 5.70 Å². The molecule has 2 heterocycles. The van der Waals surface area contributed by atoms with Crippen LogP contribution in [0, 0.1) is 27.7 Å². The molecular weight excluding hydrogens is 396 g/mol. The number of nitrogens with zero attached hydrogens (tertiary/aromatic N) is 2. The molecule has 5 rings (SSSR count). The van der Waals surface area contributed by atoms with Gasteiger partial charge < -0.3 is 4.90 Å². The van der Waals surface area contributed by atoms with Gasteiger partial charge in [0.05, 0.1) is 11.3 Å². The van der Waals surface area contributed by atoms with Crippen molar-refractivity contribution in [3.63, 3.8) is 0 Å². The van der Waals surface area contributed by atoms with Crippen LogP contribution in [0.2, 0.25) is 0 Å². The fourth-order valence-corrected chi connectivity index (χ4v) is 4.99. The molecule has 0 saturated carbocycles. The summed E-state index contributed by atoms with van der Waals surface area (Å²) in [5, 5.41) is 0. The second-order valence-electron chi connectivity index (χ2n) is 8.86. The number of fused-ring (bicyclic) bond motifs is 1. The van der Waals surface area contributed by atoms with E-state index >= 15 is 0 Å². The molecule has 0 radical (unpaired) electrons. The summed E-state index contributed by atoms with van der Waals surface area (Å²) in [4.78, 5) is 31.2. The molecule has 0 fully saturated rings. The first kappa shape index (κ1) is 20.3. The predicted molar refractivity (Wildman–Crippen MR) is 129 cm³/mol. The zero-order valence-corrected chi connectivity index (χ0v) is 18.9. The van der Waals surface area contributed by atoms with Crippen molar-refractivity contribution < 1.29 is 9.59 Å². The van der Waals surface area contributed by atoms with E-state index in [9.17, 15) is 9.59 Å². The Balaban J connectivity index is 1.72. The molecule has 0 unspecified atom stereocenters. The number of hydrogen-bond donors (Lipinski definition) is 0. The van der Waals surface area contributed by atoms with Gasteiger partial charge in [0.15, 0.2) is 0 Å². The van der Waals surface area contributed by atoms with Crippen LogP contribution in [-0.2, 0) is 16.0 Å². The van der Waals surface area contributed by atoms with Gasteiger partial charge in [-0.25, -0.2) is 4.90 Å². The van der Waals surface area contributed by atoms with Gasteiger partial charge in [-0.05, 0) is 80.1 Å². The number of benzene rings is 3. The third kappa shape index (κ3) is 3.14. The number of hydrogen-bond acceptors (Lipinski definition) is 3. The molecule has 4 nitrogen and oxygen atoms in total. The third-order valence-electron chi connectivity index (χ3n) is 6.33. The standard InChI is InChI=1S/C28H26N2O2/c1-17-9-10-23(20(4)14-17)25-26(29-12-11-21-7-5-6-8-24(21)29)28(32)30(27(25)31)22-15-18(2)13-19(3)16-22/h5-10,13-16H,11-12H2,1-4H3. The Morgan fingerprint density at radius 1 is 0.750 bits per heavy atom. The number of aryl methyl sites for hydroxylation is 4. The highest BCUT2D eigenvalue weighted by Crippen LogP contribution is 2.41. The number of rotatable bonds is 3. The first-order valence-corrected chi connectivity index (χ1v) is 11.0. The molecule has 160 valence electrons. The number of para-hydroxylation sites is 1. The largest absolute Gasteiger partial charge is 0.336 e. The van der Waals surface area contributed by atoms with Crippen LogP contribution in [-0.4, -0.2) is 18.4 Å². The summed E-state index contributed by atoms with van der Waals surface area (Å²) in [5.74, 6) is -0.516. The SMILES string of the molecule is Cc1cc(C)cc(N2C(=O)C(c3ccc(C)cc3C)=C(N3CCc4ccccc43)C2=O)c1. The molecule has 32 heavy (non-hydrogen) atoms. The maximum absolute atomic E-state index is 13.9. The summed E-state index contributed by atoms with van der Waals surface area (Å²) in [6.45, 7) is 8.69. The molecule has 0 saturated heterocycles. The van der Waals surface area contributed by atoms with Gasteiger partial charge in [-0.1, -0.05) is 48.0 Å². The van der Waals surface area contributed by atoms with Crippen molar-refractivity contribution in [2.45, 2.75) is 34.1 Å². The fourth-order valence-electron chi connectivity index (χ4n) is 4.99. The zero-order chi connectivity index (χ0) is 22.6. The maximum atomic E-state index is 13.9. The molecule has 0 aliphatic carbocycles. The Morgan fingerprint density at radius 3 is 2.19 bits per heavy atom. The molecule has 2 amide bonds. The fraction of sp³-hybridized carbons (Fsp3) is 0.214. The predicted octanol–water partition coefficient (Wildman–Crippen LogP) is 5.27. The minimum Gasteiger partial charge on any atom is -0.336 e. The van der Waals surface area contributed by atoms with Gasteiger partial charge >= 0.3 is 0 Å². The zero-order valence-electron chi connectivity index (χ0n) is 18.9. The van der Waals surface area contributed by atoms with Crippen molar-refractivity contribution in [3.05, 3.63) is 99.7 Å². The molecule has 0 N–H and O–H groups in total. The Morgan fingerprint density at radius 2 is 1.47 bits per heavy atom. The number of carbonyl (C=O) groups is 2. The van der Waals surface area contributed by atoms with Crippen molar-refractivity contribution in [2.75, 3.05) is 16.3 Å². The minimum atomic E-state index is -0.258. The molecule has 0 bridgehead atoms. The van der Waals surface area contributed by atoms with E-state index < -0.39 is 0 Å². The highest BCUT2D eigenvalue weighted by Gasteiger charge is 2.44. The van der Waals surface area contributed by atoms with Crippen LogP contribution in [0.4, 0.5) is 11.4 Å². The summed E-state index contributed by atoms with van der Waals surface area (Å²) < 4.78 is 0. The van der Waals surface area contributed by atoms with Crippen LogP contribution < -0.4 is 9.80 Å². The molecule has 3 aromatic carbocycles. The van der Waals surface area contributed by atoms with Gasteiger partial charge in [0.2, 0.25) is 0 Å². The van der Waals surface area contributed by atoms with Crippen LogP contribution in [0.25, 0.3) is 5.57 Å². The van der Waals surface area contributed by atoms with E-state index in [0.29, 0.717) is 23.5 Å². The van der Waals surface area contributed by atoms with Crippen molar-refractivity contribution >= 4 is 28.8 Å². The summed E-state index contributed by atoms with van der Waals surface area (Å²) in [7, 11) is 0. The van der Waals surface area contributed by atoms with E-state index in [1.165, 1.54) is 10.5 Å². The number of anilines is 2. The van der Waals surface area contributed by atoms with Crippen molar-refractivity contribution in [3.8, 4) is 0 Å². The van der Waals surface area contributed by atoms with Crippen LogP contribution in [0.5, 0.6) is 0 Å². The second kappa shape index (κ2) is 7.49. The summed E-state index contributed by atoms with van der Waals surface area (Å²) in [6.07, 6.45) is 0.852. The van der Waals surface area contributed by atoms with Crippen molar-refractivity contribution in [2.24, 2.45) is 0 Å². The quantitative estimate of drug-likeness (QED) is 0.540. The first-order chi connectivity index (χ1) is 15.3. The van der Waals surface area contributed by atoms with Crippen LogP contribution in [0.3, 0.4) is 0 Å². The monoisotopic (exact) mass is 422 g/mol. The summed E-state index contributed by atoms with van der Waals surface area (Å²) in [6, 6.07) is 20.0. The summed E-state index contributed by atoms with van der Waals surface area (Å²) >= 11 is 0. The lowest BCUT2D eigenvalue weighted by Gasteiger charge is -2.22. The van der Waals surface area contributed by atoms with E-state index in [1.807, 2.05) is 81.1 Å². The minimum absolute atomic E-state index is 0.258. The Bertz CT molecular complexity index is 1300. The van der Waals surface area contributed by atoms with Crippen LogP contribution in [0.15, 0.2) is 66.4 Å². The lowest BCUT2D eigenvalue weighted by atomic mass is 9.97. The average molecular weight is 423 g/mol. The lowest BCUT2D eigenvalue weighted by Crippen LogP contribution is -2.35. The molecule has 2 aliphatic heterocycles. The van der Waals surface area contributed by atoms with Crippen molar-refractivity contribution in [1.82, 2.24) is 0 Å². The molecule has 0 atom stereocenters. The molecule has 0 spiro atoms. The van der Waals surface area contributed by atoms with E-state index in [4.69, 9.17) is 0 Å². The Labute approximate surface area is 188 Å². The number of imide groups is 1. The first-order valence-electron chi connectivity index (χ1n) is 11.0. The molecular formula is C28H26N2O2. The van der Waals surface area contributed by atoms with Crippen molar-refractivity contribution in [1.29, 1.82) is 0 Å². The molecule has 4 heteroatoms. The molecule has 0 aromatic heterocycles. The summed E-state index contributed by atoms with van der Waals surface area (Å²) in [5.41, 5.74) is 8.79. The molecule has 2 aliphatic rings. The lowest BCUT2D eigenvalue weighted by molar-refractivity contribution is -0.120. The van der Waals surface area contributed by atoms with Crippen LogP contribution >= 0.6 is 0 Å². The van der Waals surface area contributed by atoms with Gasteiger partial charge in [0, 0.05) is 12.2 Å². The second-order valence-corrected chi connectivity index (χ2v) is 8.86. The van der Waals surface area contributed by atoms with Gasteiger partial charge in [-0.3, -0.25) is 9.59 Å². The Kier molecular flexibility index (Phi) is 4.74. The van der Waals surface area contributed by atoms with E-state index in [2.05, 4.69) is 12.1 Å². The number of carbonyl (C=O) groups excluding carboxylic acids is 2. The van der Waals surface area contributed by atoms with Gasteiger partial charge in [0.25, 0.3) is 11.8 Å². The average Bonchev–Trinajstić information content (AvgIpc) is 3.25. The van der Waals surface area contributed by atoms with Gasteiger partial charge in [-0.2, -0.15) is 0 Å². The Hall–Kier alpha value is -3.66. The van der Waals surface area contributed by atoms with E-state index in [-0.39, 0.29) is 11.8 Å². The molecule has 3 aromatic rings.